The highest BCUT2D eigenvalue weighted by atomic mass is 79.9. The number of carboxylic acids is 1. The molecule has 1 unspecified atom stereocenters. The number of hydrogen-bond donors (Lipinski definition) is 2. The minimum Gasteiger partial charge on any atom is -0.480 e. The van der Waals surface area contributed by atoms with E-state index in [1.807, 2.05) is 0 Å². The quantitative estimate of drug-likeness (QED) is 0.807. The van der Waals surface area contributed by atoms with E-state index in [1.165, 1.54) is 12.1 Å². The molecule has 0 fully saturated rings. The van der Waals surface area contributed by atoms with E-state index in [4.69, 9.17) is 16.7 Å². The maximum atomic E-state index is 12.3. The van der Waals surface area contributed by atoms with Crippen LogP contribution in [0.3, 0.4) is 0 Å². The monoisotopic (exact) mass is 357 g/mol. The van der Waals surface area contributed by atoms with Gasteiger partial charge >= 0.3 is 12.6 Å². The fourth-order valence-corrected chi connectivity index (χ4v) is 2.31. The summed E-state index contributed by atoms with van der Waals surface area (Å²) in [5.41, 5.74) is 0.0916. The number of halogens is 4. The van der Waals surface area contributed by atoms with Gasteiger partial charge in [-0.25, -0.2) is 4.79 Å². The van der Waals surface area contributed by atoms with E-state index in [-0.39, 0.29) is 27.4 Å². The van der Waals surface area contributed by atoms with Gasteiger partial charge in [0.1, 0.15) is 6.04 Å². The zero-order valence-electron chi connectivity index (χ0n) is 9.79. The Labute approximate surface area is 121 Å². The molecule has 1 rings (SSSR count). The summed E-state index contributed by atoms with van der Waals surface area (Å²) >= 11 is 8.85. The highest BCUT2D eigenvalue weighted by molar-refractivity contribution is 9.10. The van der Waals surface area contributed by atoms with Crippen molar-refractivity contribution in [2.75, 3.05) is 5.32 Å². The van der Waals surface area contributed by atoms with Gasteiger partial charge in [0.15, 0.2) is 5.75 Å². The first-order valence-electron chi connectivity index (χ1n) is 5.28. The zero-order valence-corrected chi connectivity index (χ0v) is 12.1. The van der Waals surface area contributed by atoms with Crippen LogP contribution < -0.4 is 10.1 Å². The molecule has 0 aliphatic heterocycles. The van der Waals surface area contributed by atoms with Crippen LogP contribution in [0.5, 0.6) is 5.75 Å². The molecular weight excluding hydrogens is 347 g/mol. The van der Waals surface area contributed by atoms with Crippen molar-refractivity contribution in [1.29, 1.82) is 0 Å². The van der Waals surface area contributed by atoms with E-state index in [9.17, 15) is 13.6 Å². The number of nitrogens with one attached hydrogen (secondary N) is 1. The van der Waals surface area contributed by atoms with Crippen molar-refractivity contribution < 1.29 is 23.4 Å². The predicted octanol–water partition coefficient (Wildman–Crippen LogP) is 3.98. The standard InChI is InChI=1S/C11H11BrClF2NO3/c1-2-7(10(17)18)16-8-4-5(13)3-6(12)9(8)19-11(14)15/h3-4,7,11,16H,2H2,1H3,(H,17,18). The molecule has 0 aliphatic rings. The lowest BCUT2D eigenvalue weighted by Crippen LogP contribution is -2.28. The fourth-order valence-electron chi connectivity index (χ4n) is 1.40. The number of hydrogen-bond acceptors (Lipinski definition) is 3. The Morgan fingerprint density at radius 3 is 2.68 bits per heavy atom. The number of carboxylic acid groups (broad SMARTS) is 1. The Hall–Kier alpha value is -1.08. The molecule has 106 valence electrons. The van der Waals surface area contributed by atoms with E-state index >= 15 is 0 Å². The largest absolute Gasteiger partial charge is 0.480 e. The van der Waals surface area contributed by atoms with Crippen LogP contribution >= 0.6 is 27.5 Å². The number of ether oxygens (including phenoxy) is 1. The number of anilines is 1. The highest BCUT2D eigenvalue weighted by Gasteiger charge is 2.20. The predicted molar refractivity (Wildman–Crippen MR) is 71.1 cm³/mol. The lowest BCUT2D eigenvalue weighted by atomic mass is 10.2. The topological polar surface area (TPSA) is 58.6 Å². The average Bonchev–Trinajstić information content (AvgIpc) is 2.29. The van der Waals surface area contributed by atoms with Gasteiger partial charge in [0.05, 0.1) is 10.2 Å². The minimum atomic E-state index is -3.03. The van der Waals surface area contributed by atoms with Crippen LogP contribution in [-0.4, -0.2) is 23.7 Å². The van der Waals surface area contributed by atoms with Crippen LogP contribution in [0.4, 0.5) is 14.5 Å². The van der Waals surface area contributed by atoms with Gasteiger partial charge in [-0.15, -0.1) is 0 Å². The summed E-state index contributed by atoms with van der Waals surface area (Å²) < 4.78 is 29.3. The first-order chi connectivity index (χ1) is 8.85. The molecule has 0 spiro atoms. The van der Waals surface area contributed by atoms with Gasteiger partial charge in [-0.2, -0.15) is 8.78 Å². The molecule has 0 aromatic heterocycles. The van der Waals surface area contributed by atoms with E-state index in [0.717, 1.165) is 0 Å². The number of aliphatic carboxylic acids is 1. The SMILES string of the molecule is CCC(Nc1cc(Cl)cc(Br)c1OC(F)F)C(=O)O. The Balaban J connectivity index is 3.12. The molecule has 0 bridgehead atoms. The smallest absolute Gasteiger partial charge is 0.387 e. The van der Waals surface area contributed by atoms with Crippen LogP contribution in [0.15, 0.2) is 16.6 Å². The molecule has 8 heteroatoms. The second-order valence-corrected chi connectivity index (χ2v) is 4.88. The third kappa shape index (κ3) is 4.50. The number of carbonyl (C=O) groups is 1. The number of alkyl halides is 2. The molecule has 4 nitrogen and oxygen atoms in total. The van der Waals surface area contributed by atoms with Crippen molar-refractivity contribution in [3.05, 3.63) is 21.6 Å². The first-order valence-corrected chi connectivity index (χ1v) is 6.45. The molecule has 1 aromatic rings. The van der Waals surface area contributed by atoms with Gasteiger partial charge in [0, 0.05) is 5.02 Å². The molecule has 0 heterocycles. The van der Waals surface area contributed by atoms with Crippen LogP contribution in [0, 0.1) is 0 Å². The van der Waals surface area contributed by atoms with E-state index in [2.05, 4.69) is 26.0 Å². The normalized spacial score (nSPS) is 12.3. The van der Waals surface area contributed by atoms with Gasteiger partial charge in [0.2, 0.25) is 0 Å². The van der Waals surface area contributed by atoms with Gasteiger partial charge in [-0.05, 0) is 34.5 Å². The molecule has 0 saturated heterocycles. The van der Waals surface area contributed by atoms with Crippen LogP contribution in [-0.2, 0) is 4.79 Å². The average molecular weight is 359 g/mol. The van der Waals surface area contributed by atoms with Crippen molar-refractivity contribution in [3.8, 4) is 5.75 Å². The maximum Gasteiger partial charge on any atom is 0.387 e. The maximum absolute atomic E-state index is 12.3. The van der Waals surface area contributed by atoms with Crippen molar-refractivity contribution in [1.82, 2.24) is 0 Å². The van der Waals surface area contributed by atoms with E-state index < -0.39 is 18.6 Å². The van der Waals surface area contributed by atoms with Crippen molar-refractivity contribution in [2.45, 2.75) is 26.0 Å². The molecule has 1 aromatic carbocycles. The van der Waals surface area contributed by atoms with Crippen LogP contribution in [0.2, 0.25) is 5.02 Å². The van der Waals surface area contributed by atoms with Gasteiger partial charge in [-0.3, -0.25) is 0 Å². The minimum absolute atomic E-state index is 0.0916. The molecule has 2 N–H and O–H groups in total. The first kappa shape index (κ1) is 16.0. The third-order valence-corrected chi connectivity index (χ3v) is 3.06. The molecule has 0 saturated carbocycles. The van der Waals surface area contributed by atoms with Gasteiger partial charge < -0.3 is 15.2 Å². The van der Waals surface area contributed by atoms with Gasteiger partial charge in [-0.1, -0.05) is 18.5 Å². The van der Waals surface area contributed by atoms with E-state index in [0.29, 0.717) is 0 Å². The highest BCUT2D eigenvalue weighted by Crippen LogP contribution is 2.38. The summed E-state index contributed by atoms with van der Waals surface area (Å²) in [5, 5.41) is 11.8. The summed E-state index contributed by atoms with van der Waals surface area (Å²) in [6.45, 7) is -1.37. The lowest BCUT2D eigenvalue weighted by Gasteiger charge is -2.18. The summed E-state index contributed by atoms with van der Waals surface area (Å²) in [4.78, 5) is 10.9. The summed E-state index contributed by atoms with van der Waals surface area (Å²) in [5.74, 6) is -1.28. The van der Waals surface area contributed by atoms with Crippen molar-refractivity contribution in [2.24, 2.45) is 0 Å². The fraction of sp³-hybridized carbons (Fsp3) is 0.364. The second kappa shape index (κ2) is 6.91. The lowest BCUT2D eigenvalue weighted by molar-refractivity contribution is -0.137. The zero-order chi connectivity index (χ0) is 14.6. The Morgan fingerprint density at radius 2 is 2.21 bits per heavy atom. The molecule has 0 radical (unpaired) electrons. The number of benzene rings is 1. The Bertz CT molecular complexity index is 473. The molecular formula is C11H11BrClF2NO3. The molecule has 0 amide bonds. The van der Waals surface area contributed by atoms with Crippen LogP contribution in [0.1, 0.15) is 13.3 Å². The Morgan fingerprint density at radius 1 is 1.58 bits per heavy atom. The summed E-state index contributed by atoms with van der Waals surface area (Å²) in [7, 11) is 0. The number of rotatable bonds is 6. The summed E-state index contributed by atoms with van der Waals surface area (Å²) in [6.07, 6.45) is 0.271. The molecule has 1 atom stereocenters. The molecule has 0 aliphatic carbocycles. The van der Waals surface area contributed by atoms with Crippen molar-refractivity contribution in [3.63, 3.8) is 0 Å². The third-order valence-electron chi connectivity index (χ3n) is 2.25. The second-order valence-electron chi connectivity index (χ2n) is 3.59. The Kier molecular flexibility index (Phi) is 5.81. The molecule has 19 heavy (non-hydrogen) atoms. The van der Waals surface area contributed by atoms with E-state index in [1.54, 1.807) is 6.92 Å². The summed E-state index contributed by atoms with van der Waals surface area (Å²) in [6, 6.07) is 1.78. The van der Waals surface area contributed by atoms with Crippen molar-refractivity contribution >= 4 is 39.2 Å². The van der Waals surface area contributed by atoms with Gasteiger partial charge in [0.25, 0.3) is 0 Å². The van der Waals surface area contributed by atoms with Crippen LogP contribution in [0.25, 0.3) is 0 Å².